The summed E-state index contributed by atoms with van der Waals surface area (Å²) in [5.74, 6) is -6.78. The predicted octanol–water partition coefficient (Wildman–Crippen LogP) is -3.65. The average Bonchev–Trinajstić information content (AvgIpc) is 4.24. The van der Waals surface area contributed by atoms with Crippen molar-refractivity contribution in [3.63, 3.8) is 0 Å². The van der Waals surface area contributed by atoms with Gasteiger partial charge in [-0.2, -0.15) is 0 Å². The number of aliphatic hydroxyl groups is 1. The Morgan fingerprint density at radius 2 is 1.17 bits per heavy atom. The van der Waals surface area contributed by atoms with E-state index in [0.717, 1.165) is 0 Å². The summed E-state index contributed by atoms with van der Waals surface area (Å²) >= 11 is 0. The maximum absolute atomic E-state index is 14.4. The SMILES string of the molecule is CN(C(=O)[C@@H]1CCCN1C(=O)[C@H](CO)NC(=O)[C@H](Cc1ccccc1)NC(=O)CNC(=O)[C@@H]1CCCN1C(=O)[C@@H]1CCCN1C(=O)[C@@H](N)CCCN=C(N)N)[C@H](Cc1ccccc1)C(=O)N[C@@H](CCCN=C(N)N)C(=O)O. The van der Waals surface area contributed by atoms with Crippen LogP contribution < -0.4 is 49.9 Å². The summed E-state index contributed by atoms with van der Waals surface area (Å²) in [4.78, 5) is 136. The first-order valence-electron chi connectivity index (χ1n) is 25.9. The van der Waals surface area contributed by atoms with Crippen LogP contribution in [0.2, 0.25) is 0 Å². The largest absolute Gasteiger partial charge is 0.480 e. The Kier molecular flexibility index (Phi) is 22.9. The molecule has 0 aromatic heterocycles. The van der Waals surface area contributed by atoms with Crippen molar-refractivity contribution in [3.05, 3.63) is 71.8 Å². The number of nitrogens with one attached hydrogen (secondary N) is 4. The van der Waals surface area contributed by atoms with E-state index in [1.54, 1.807) is 60.7 Å². The van der Waals surface area contributed by atoms with Crippen molar-refractivity contribution in [3.8, 4) is 0 Å². The molecule has 26 nitrogen and oxygen atoms in total. The highest BCUT2D eigenvalue weighted by Crippen LogP contribution is 2.27. The van der Waals surface area contributed by atoms with Gasteiger partial charge in [-0.3, -0.25) is 48.3 Å². The molecule has 2 aromatic carbocycles. The van der Waals surface area contributed by atoms with Gasteiger partial charge in [0.1, 0.15) is 42.3 Å². The van der Waals surface area contributed by atoms with Gasteiger partial charge in [-0.05, 0) is 75.3 Å². The summed E-state index contributed by atoms with van der Waals surface area (Å²) in [5.41, 5.74) is 29.0. The number of hydrogen-bond donors (Lipinski definition) is 11. The number of aliphatic hydroxyl groups excluding tert-OH is 1. The van der Waals surface area contributed by atoms with Gasteiger partial charge in [0.15, 0.2) is 11.9 Å². The lowest BCUT2D eigenvalue weighted by Crippen LogP contribution is -2.60. The van der Waals surface area contributed by atoms with Crippen LogP contribution in [0.5, 0.6) is 0 Å². The second-order valence-electron chi connectivity index (χ2n) is 19.4. The van der Waals surface area contributed by atoms with Gasteiger partial charge >= 0.3 is 5.97 Å². The molecule has 26 heteroatoms. The normalized spacial score (nSPS) is 18.9. The first-order chi connectivity index (χ1) is 36.8. The molecule has 0 unspecified atom stereocenters. The number of benzene rings is 2. The van der Waals surface area contributed by atoms with Gasteiger partial charge in [0, 0.05) is 52.6 Å². The van der Waals surface area contributed by atoms with Crippen molar-refractivity contribution >= 4 is 65.1 Å². The number of rotatable bonds is 27. The quantitative estimate of drug-likeness (QED) is 0.0234. The van der Waals surface area contributed by atoms with Crippen molar-refractivity contribution in [2.45, 2.75) is 125 Å². The van der Waals surface area contributed by atoms with E-state index in [-0.39, 0.29) is 69.6 Å². The van der Waals surface area contributed by atoms with Crippen molar-refractivity contribution in [1.82, 2.24) is 40.9 Å². The van der Waals surface area contributed by atoms with Crippen LogP contribution in [0.25, 0.3) is 0 Å². The van der Waals surface area contributed by atoms with E-state index >= 15 is 0 Å². The van der Waals surface area contributed by atoms with Gasteiger partial charge in [-0.1, -0.05) is 60.7 Å². The smallest absolute Gasteiger partial charge is 0.326 e. The number of carbonyl (C=O) groups is 9. The summed E-state index contributed by atoms with van der Waals surface area (Å²) in [7, 11) is 1.38. The fourth-order valence-corrected chi connectivity index (χ4v) is 9.83. The van der Waals surface area contributed by atoms with Gasteiger partial charge < -0.3 is 79.7 Å². The highest BCUT2D eigenvalue weighted by atomic mass is 16.4. The van der Waals surface area contributed by atoms with Crippen molar-refractivity contribution in [1.29, 1.82) is 0 Å². The number of likely N-dealkylation sites (tertiary alicyclic amines) is 3. The molecule has 2 aromatic rings. The number of carboxylic acids is 1. The van der Waals surface area contributed by atoms with Crippen LogP contribution in [0.4, 0.5) is 0 Å². The predicted molar refractivity (Wildman–Crippen MR) is 282 cm³/mol. The van der Waals surface area contributed by atoms with Gasteiger partial charge in [0.2, 0.25) is 47.3 Å². The van der Waals surface area contributed by atoms with Crippen LogP contribution in [0.1, 0.15) is 75.3 Å². The molecule has 3 aliphatic rings. The molecule has 3 saturated heterocycles. The molecular formula is C51H75N15O11. The molecule has 3 fully saturated rings. The van der Waals surface area contributed by atoms with Gasteiger partial charge in [-0.25, -0.2) is 4.79 Å². The Bertz CT molecular complexity index is 2440. The Morgan fingerprint density at radius 3 is 1.74 bits per heavy atom. The Hall–Kier alpha value is -7.87. The zero-order valence-corrected chi connectivity index (χ0v) is 43.5. The number of nitrogens with zero attached hydrogens (tertiary/aromatic N) is 6. The van der Waals surface area contributed by atoms with E-state index in [4.69, 9.17) is 28.7 Å². The first-order valence-corrected chi connectivity index (χ1v) is 25.9. The van der Waals surface area contributed by atoms with Gasteiger partial charge in [-0.15, -0.1) is 0 Å². The summed E-state index contributed by atoms with van der Waals surface area (Å²) < 4.78 is 0. The number of aliphatic carboxylic acids is 1. The van der Waals surface area contributed by atoms with Crippen LogP contribution in [-0.4, -0.2) is 196 Å². The third kappa shape index (κ3) is 17.3. The lowest BCUT2D eigenvalue weighted by atomic mass is 10.0. The molecule has 5 rings (SSSR count). The highest BCUT2D eigenvalue weighted by Gasteiger charge is 2.44. The lowest BCUT2D eigenvalue weighted by molar-refractivity contribution is -0.149. The van der Waals surface area contributed by atoms with Crippen molar-refractivity contribution < 1.29 is 53.4 Å². The molecule has 420 valence electrons. The van der Waals surface area contributed by atoms with E-state index < -0.39 is 109 Å². The van der Waals surface area contributed by atoms with Crippen LogP contribution >= 0.6 is 0 Å². The van der Waals surface area contributed by atoms with Gasteiger partial charge in [0.25, 0.3) is 0 Å². The maximum Gasteiger partial charge on any atom is 0.326 e. The molecular weight excluding hydrogens is 999 g/mol. The fourth-order valence-electron chi connectivity index (χ4n) is 9.83. The molecule has 0 saturated carbocycles. The number of carbonyl (C=O) groups excluding carboxylic acids is 8. The molecule has 77 heavy (non-hydrogen) atoms. The molecule has 0 bridgehead atoms. The lowest BCUT2D eigenvalue weighted by Gasteiger charge is -2.34. The summed E-state index contributed by atoms with van der Waals surface area (Å²) in [6, 6.07) is 8.16. The van der Waals surface area contributed by atoms with Crippen molar-refractivity contribution in [2.24, 2.45) is 38.7 Å². The molecule has 0 spiro atoms. The van der Waals surface area contributed by atoms with Crippen molar-refractivity contribution in [2.75, 3.05) is 52.9 Å². The van der Waals surface area contributed by atoms with Crippen LogP contribution in [0.3, 0.4) is 0 Å². The summed E-state index contributed by atoms with van der Waals surface area (Å²) in [6.07, 6.45) is 3.18. The standard InChI is InChI=1S/C51H75N15O11/c1-63(40(28-32-15-6-3-7-16-32)44(71)61-34(49(76)77)18-9-23-58-51(55)56)47(74)38-20-11-26-66(38)46(73)36(30-67)62-42(69)35(27-31-13-4-2-5-14-31)60-41(68)29-59-43(70)37-19-10-24-64(37)48(75)39-21-12-25-65(39)45(72)33(52)17-8-22-57-50(53)54/h2-7,13-16,33-40,67H,8-12,17-30,52H2,1H3,(H,59,70)(H,60,68)(H,61,71)(H,62,69)(H,76,77)(H4,53,54,57)(H4,55,56,58)/t33-,34-,35-,36-,37-,38-,39-,40+/m0/s1. The topological polar surface area (TPSA) is 410 Å². The second kappa shape index (κ2) is 29.4. The third-order valence-corrected chi connectivity index (χ3v) is 13.9. The minimum absolute atomic E-state index is 0.00768. The zero-order chi connectivity index (χ0) is 56.2. The summed E-state index contributed by atoms with van der Waals surface area (Å²) in [5, 5.41) is 30.8. The highest BCUT2D eigenvalue weighted by molar-refractivity contribution is 5.98. The number of aliphatic imine (C=N–C) groups is 2. The average molecular weight is 1070 g/mol. The second-order valence-corrected chi connectivity index (χ2v) is 19.4. The first kappa shape index (κ1) is 60.0. The number of hydrogen-bond acceptors (Lipinski definition) is 13. The third-order valence-electron chi connectivity index (χ3n) is 13.9. The molecule has 8 atom stereocenters. The zero-order valence-electron chi connectivity index (χ0n) is 43.5. The molecule has 3 heterocycles. The van der Waals surface area contributed by atoms with Crippen LogP contribution in [-0.2, 0) is 56.0 Å². The van der Waals surface area contributed by atoms with Crippen LogP contribution in [0, 0.1) is 0 Å². The van der Waals surface area contributed by atoms with E-state index in [1.165, 1.54) is 26.6 Å². The minimum Gasteiger partial charge on any atom is -0.480 e. The van der Waals surface area contributed by atoms with Crippen LogP contribution in [0.15, 0.2) is 70.6 Å². The Labute approximate surface area is 446 Å². The molecule has 16 N–H and O–H groups in total. The fraction of sp³-hybridized carbons (Fsp3) is 0.549. The molecule has 3 aliphatic heterocycles. The number of amides is 8. The van der Waals surface area contributed by atoms with E-state index in [0.29, 0.717) is 69.2 Å². The number of nitrogens with two attached hydrogens (primary N) is 5. The number of carboxylic acid groups (broad SMARTS) is 1. The molecule has 0 radical (unpaired) electrons. The van der Waals surface area contributed by atoms with E-state index in [2.05, 4.69) is 31.3 Å². The monoisotopic (exact) mass is 1070 g/mol. The van der Waals surface area contributed by atoms with E-state index in [1.807, 2.05) is 0 Å². The van der Waals surface area contributed by atoms with E-state index in [9.17, 15) is 53.4 Å². The number of likely N-dealkylation sites (N-methyl/N-ethyl adjacent to an activating group) is 1. The Balaban J connectivity index is 1.23. The summed E-state index contributed by atoms with van der Waals surface area (Å²) in [6.45, 7) is -0.431. The number of guanidine groups is 2. The molecule has 8 amide bonds. The maximum atomic E-state index is 14.4. The van der Waals surface area contributed by atoms with Gasteiger partial charge in [0.05, 0.1) is 19.2 Å². The minimum atomic E-state index is -1.58. The Morgan fingerprint density at radius 1 is 0.649 bits per heavy atom. The molecule has 0 aliphatic carbocycles.